The molecule has 0 aromatic heterocycles. The lowest BCUT2D eigenvalue weighted by Crippen LogP contribution is -2.66. The molecular formula is C8H5ClF14NO4+. The van der Waals surface area contributed by atoms with Crippen LogP contribution in [0.5, 0.6) is 0 Å². The fraction of sp³-hybridized carbons (Fsp3) is 0.875. The quantitative estimate of drug-likeness (QED) is 0.398. The molecule has 0 aliphatic heterocycles. The molecule has 0 amide bonds. The number of hydrogen-bond donors (Lipinski definition) is 2. The van der Waals surface area contributed by atoms with Gasteiger partial charge in [-0.2, -0.15) is 57.1 Å². The summed E-state index contributed by atoms with van der Waals surface area (Å²) in [5.74, 6) is -11.4. The van der Waals surface area contributed by atoms with Crippen molar-refractivity contribution in [2.45, 2.75) is 41.7 Å². The molecule has 0 spiro atoms. The highest BCUT2D eigenvalue weighted by atomic mass is 35.5. The lowest BCUT2D eigenvalue weighted by Gasteiger charge is -2.38. The lowest BCUT2D eigenvalue weighted by atomic mass is 10.2. The first kappa shape index (κ1) is 28.9. The van der Waals surface area contributed by atoms with Crippen LogP contribution in [0.2, 0.25) is 0 Å². The molecule has 0 aliphatic rings. The van der Waals surface area contributed by atoms with Crippen molar-refractivity contribution in [2.75, 3.05) is 0 Å². The third-order valence-electron chi connectivity index (χ3n) is 2.23. The summed E-state index contributed by atoms with van der Waals surface area (Å²) in [6.45, 7) is 0. The van der Waals surface area contributed by atoms with Crippen molar-refractivity contribution in [1.82, 2.24) is 6.15 Å². The number of carboxylic acids is 1. The summed E-state index contributed by atoms with van der Waals surface area (Å²) < 4.78 is 180. The van der Waals surface area contributed by atoms with Gasteiger partial charge in [-0.05, 0) is 0 Å². The Morgan fingerprint density at radius 3 is 1.29 bits per heavy atom. The van der Waals surface area contributed by atoms with E-state index in [9.17, 15) is 66.3 Å². The van der Waals surface area contributed by atoms with Crippen molar-refractivity contribution in [3.05, 3.63) is 0 Å². The van der Waals surface area contributed by atoms with E-state index in [1.54, 1.807) is 4.74 Å². The molecule has 2 atom stereocenters. The molecular weight excluding hydrogens is 476 g/mol. The normalized spacial score (nSPS) is 18.7. The largest absolute Gasteiger partial charge is 0.475 e. The van der Waals surface area contributed by atoms with Crippen molar-refractivity contribution in [2.24, 2.45) is 0 Å². The SMILES string of the molecule is O=C(O)C(F)(F)OC(F)(F)C(F)(OC(F)(F)C(F)(Cl)C(F)(F)F)C(F)(F)F.[NH4+]. The highest BCUT2D eigenvalue weighted by Gasteiger charge is 2.83. The predicted octanol–water partition coefficient (Wildman–Crippen LogP) is 4.95. The Morgan fingerprint density at radius 2 is 1.04 bits per heavy atom. The van der Waals surface area contributed by atoms with Gasteiger partial charge >= 0.3 is 47.6 Å². The zero-order chi connectivity index (χ0) is 22.5. The van der Waals surface area contributed by atoms with Crippen molar-refractivity contribution in [3.63, 3.8) is 0 Å². The summed E-state index contributed by atoms with van der Waals surface area (Å²) in [6, 6.07) is 0. The van der Waals surface area contributed by atoms with Gasteiger partial charge < -0.3 is 11.3 Å². The van der Waals surface area contributed by atoms with E-state index in [1.807, 2.05) is 0 Å². The zero-order valence-electron chi connectivity index (χ0n) is 12.3. The highest BCUT2D eigenvalue weighted by Crippen LogP contribution is 2.56. The van der Waals surface area contributed by atoms with E-state index in [0.717, 1.165) is 0 Å². The van der Waals surface area contributed by atoms with E-state index in [0.29, 0.717) is 0 Å². The fourth-order valence-electron chi connectivity index (χ4n) is 0.958. The molecule has 0 aromatic carbocycles. The third-order valence-corrected chi connectivity index (χ3v) is 2.67. The molecule has 0 bridgehead atoms. The Kier molecular flexibility index (Phi) is 7.72. The van der Waals surface area contributed by atoms with Gasteiger partial charge in [-0.1, -0.05) is 11.6 Å². The number of quaternary nitrogens is 1. The highest BCUT2D eigenvalue weighted by molar-refractivity contribution is 6.24. The Hall–Kier alpha value is -1.34. The summed E-state index contributed by atoms with van der Waals surface area (Å²) >= 11 is 3.57. The Morgan fingerprint density at radius 1 is 0.679 bits per heavy atom. The van der Waals surface area contributed by atoms with E-state index >= 15 is 0 Å². The number of halogens is 15. The molecule has 20 heteroatoms. The van der Waals surface area contributed by atoms with E-state index in [-0.39, 0.29) is 6.15 Å². The molecule has 28 heavy (non-hydrogen) atoms. The molecule has 0 heterocycles. The van der Waals surface area contributed by atoms with Crippen LogP contribution in [0.4, 0.5) is 61.5 Å². The topological polar surface area (TPSA) is 92.3 Å². The first-order valence-electron chi connectivity index (χ1n) is 5.33. The second-order valence-electron chi connectivity index (χ2n) is 4.22. The van der Waals surface area contributed by atoms with Crippen LogP contribution in [0.15, 0.2) is 0 Å². The second kappa shape index (κ2) is 7.48. The monoisotopic (exact) mass is 480 g/mol. The molecule has 0 rings (SSSR count). The van der Waals surface area contributed by atoms with Crippen molar-refractivity contribution >= 4 is 17.6 Å². The molecule has 2 unspecified atom stereocenters. The summed E-state index contributed by atoms with van der Waals surface area (Å²) in [6.07, 6.45) is -35.9. The number of aliphatic carboxylic acids is 1. The molecule has 0 aromatic rings. The van der Waals surface area contributed by atoms with Gasteiger partial charge in [-0.3, -0.25) is 4.74 Å². The maximum Gasteiger partial charge on any atom is 0.460 e. The number of carboxylic acid groups (broad SMARTS) is 1. The average molecular weight is 481 g/mol. The number of ether oxygens (including phenoxy) is 2. The number of rotatable bonds is 7. The summed E-state index contributed by atoms with van der Waals surface area (Å²) in [5, 5.41) is 0.941. The van der Waals surface area contributed by atoms with Crippen LogP contribution in [0.1, 0.15) is 0 Å². The zero-order valence-corrected chi connectivity index (χ0v) is 13.1. The van der Waals surface area contributed by atoms with Gasteiger partial charge in [0.1, 0.15) is 0 Å². The molecule has 5 nitrogen and oxygen atoms in total. The van der Waals surface area contributed by atoms with Gasteiger partial charge in [-0.15, -0.1) is 0 Å². The van der Waals surface area contributed by atoms with Crippen LogP contribution in [-0.2, 0) is 14.3 Å². The van der Waals surface area contributed by atoms with E-state index in [4.69, 9.17) is 5.11 Å². The second-order valence-corrected chi connectivity index (χ2v) is 4.75. The Bertz CT molecular complexity index is 575. The fourth-order valence-corrected chi connectivity index (χ4v) is 0.997. The number of alkyl halides is 15. The van der Waals surface area contributed by atoms with Crippen LogP contribution < -0.4 is 6.15 Å². The third kappa shape index (κ3) is 4.98. The van der Waals surface area contributed by atoms with Crippen LogP contribution in [0.25, 0.3) is 0 Å². The van der Waals surface area contributed by atoms with E-state index < -0.39 is 47.6 Å². The molecule has 0 saturated heterocycles. The lowest BCUT2D eigenvalue weighted by molar-refractivity contribution is -0.533. The van der Waals surface area contributed by atoms with Gasteiger partial charge in [-0.25, -0.2) is 13.9 Å². The molecule has 5 N–H and O–H groups in total. The van der Waals surface area contributed by atoms with E-state index in [1.165, 1.54) is 4.74 Å². The van der Waals surface area contributed by atoms with Crippen LogP contribution in [-0.4, -0.2) is 52.7 Å². The van der Waals surface area contributed by atoms with Gasteiger partial charge in [0.2, 0.25) is 0 Å². The summed E-state index contributed by atoms with van der Waals surface area (Å²) in [4.78, 5) is 9.82. The first-order valence-corrected chi connectivity index (χ1v) is 5.71. The number of hydrogen-bond acceptors (Lipinski definition) is 3. The molecule has 0 saturated carbocycles. The van der Waals surface area contributed by atoms with Gasteiger partial charge in [0, 0.05) is 0 Å². The van der Waals surface area contributed by atoms with Crippen molar-refractivity contribution in [3.8, 4) is 0 Å². The average Bonchev–Trinajstić information content (AvgIpc) is 2.33. The summed E-state index contributed by atoms with van der Waals surface area (Å²) in [5.41, 5.74) is 0. The Balaban J connectivity index is 0. The van der Waals surface area contributed by atoms with Crippen LogP contribution in [0, 0.1) is 0 Å². The number of carbonyl (C=O) groups is 1. The molecule has 170 valence electrons. The minimum Gasteiger partial charge on any atom is -0.475 e. The smallest absolute Gasteiger partial charge is 0.460 e. The molecule has 0 aliphatic carbocycles. The summed E-state index contributed by atoms with van der Waals surface area (Å²) in [7, 11) is 0. The van der Waals surface area contributed by atoms with Crippen molar-refractivity contribution < 1.29 is 80.8 Å². The van der Waals surface area contributed by atoms with Gasteiger partial charge in [0.05, 0.1) is 0 Å². The maximum atomic E-state index is 13.5. The Labute approximate surface area is 147 Å². The van der Waals surface area contributed by atoms with Gasteiger partial charge in [0.25, 0.3) is 0 Å². The van der Waals surface area contributed by atoms with Gasteiger partial charge in [0.15, 0.2) is 0 Å². The minimum atomic E-state index is -7.64. The predicted molar refractivity (Wildman–Crippen MR) is 56.3 cm³/mol. The van der Waals surface area contributed by atoms with Crippen LogP contribution in [0.3, 0.4) is 0 Å². The van der Waals surface area contributed by atoms with Crippen molar-refractivity contribution in [1.29, 1.82) is 0 Å². The first-order chi connectivity index (χ1) is 11.4. The minimum absolute atomic E-state index is 0. The van der Waals surface area contributed by atoms with Crippen LogP contribution >= 0.6 is 11.6 Å². The molecule has 0 radical (unpaired) electrons. The van der Waals surface area contributed by atoms with E-state index in [2.05, 4.69) is 11.6 Å². The maximum absolute atomic E-state index is 13.5. The molecule has 0 fully saturated rings. The standard InChI is InChI=1S/C8HClF14O4.H3N/c9-3(12,5(14,15)16)7(20,21)27-4(13,6(17,18)19)8(22,23)26-2(10,11)1(24)25;/h(H,24,25);1H3/p+1.